The lowest BCUT2D eigenvalue weighted by molar-refractivity contribution is -0.170. The van der Waals surface area contributed by atoms with E-state index in [1.54, 1.807) is 12.3 Å². The van der Waals surface area contributed by atoms with Gasteiger partial charge in [-0.3, -0.25) is 4.79 Å². The van der Waals surface area contributed by atoms with Crippen molar-refractivity contribution in [2.24, 2.45) is 27.3 Å². The summed E-state index contributed by atoms with van der Waals surface area (Å²) in [5.74, 6) is 0.756. The molecule has 4 aliphatic rings. The van der Waals surface area contributed by atoms with Crippen molar-refractivity contribution in [2.45, 2.75) is 52.4 Å². The quantitative estimate of drug-likeness (QED) is 0.551. The Balaban J connectivity index is 1.52. The van der Waals surface area contributed by atoms with E-state index in [0.717, 1.165) is 19.3 Å². The molecule has 0 radical (unpaired) electrons. The Labute approximate surface area is 159 Å². The molecule has 25 heavy (non-hydrogen) atoms. The van der Waals surface area contributed by atoms with E-state index in [0.29, 0.717) is 32.4 Å². The first-order valence-corrected chi connectivity index (χ1v) is 9.76. The lowest BCUT2D eigenvalue weighted by Gasteiger charge is -2.64. The maximum atomic E-state index is 13.0. The number of hydrogen-bond acceptors (Lipinski definition) is 2. The molecule has 0 aromatic heterocycles. The number of hydrogen-bond donors (Lipinski definition) is 1. The minimum absolute atomic E-state index is 0.0726. The van der Waals surface area contributed by atoms with Crippen molar-refractivity contribution in [3.63, 3.8) is 0 Å². The van der Waals surface area contributed by atoms with Crippen molar-refractivity contribution in [3.8, 4) is 0 Å². The normalized spacial score (nSPS) is 39.1. The summed E-state index contributed by atoms with van der Waals surface area (Å²) in [6, 6.07) is 5.38. The lowest BCUT2D eigenvalue weighted by atomic mass is 9.40. The summed E-state index contributed by atoms with van der Waals surface area (Å²) in [4.78, 5) is 13.0. The molecule has 134 valence electrons. The molecule has 5 heteroatoms. The van der Waals surface area contributed by atoms with Crippen molar-refractivity contribution in [1.29, 1.82) is 0 Å². The number of rotatable bonds is 3. The van der Waals surface area contributed by atoms with Crippen LogP contribution in [0.15, 0.2) is 23.3 Å². The van der Waals surface area contributed by atoms with E-state index in [1.165, 1.54) is 19.3 Å². The molecule has 4 bridgehead atoms. The number of carbonyl (C=O) groups excluding carboxylic acids is 1. The number of hydrazone groups is 1. The van der Waals surface area contributed by atoms with Crippen LogP contribution in [0.5, 0.6) is 0 Å². The zero-order valence-electron chi connectivity index (χ0n) is 14.7. The van der Waals surface area contributed by atoms with E-state index >= 15 is 0 Å². The predicted octanol–water partition coefficient (Wildman–Crippen LogP) is 5.44. The van der Waals surface area contributed by atoms with Crippen LogP contribution in [-0.4, -0.2) is 12.1 Å². The fourth-order valence-corrected chi connectivity index (χ4v) is 6.96. The maximum Gasteiger partial charge on any atom is 0.246 e. The number of carbonyl (C=O) groups is 1. The predicted molar refractivity (Wildman–Crippen MR) is 102 cm³/mol. The van der Waals surface area contributed by atoms with Crippen LogP contribution in [0.4, 0.5) is 0 Å². The molecule has 1 aromatic carbocycles. The highest BCUT2D eigenvalue weighted by Gasteiger charge is 2.62. The number of halogens is 2. The Kier molecular flexibility index (Phi) is 3.97. The van der Waals surface area contributed by atoms with Gasteiger partial charge in [0.2, 0.25) is 5.91 Å². The van der Waals surface area contributed by atoms with Gasteiger partial charge in [0.25, 0.3) is 0 Å². The minimum Gasteiger partial charge on any atom is -0.273 e. The smallest absolute Gasteiger partial charge is 0.246 e. The second kappa shape index (κ2) is 5.72. The van der Waals surface area contributed by atoms with Crippen LogP contribution in [-0.2, 0) is 4.79 Å². The van der Waals surface area contributed by atoms with Gasteiger partial charge >= 0.3 is 0 Å². The van der Waals surface area contributed by atoms with Crippen LogP contribution in [0.3, 0.4) is 0 Å². The average Bonchev–Trinajstić information content (AvgIpc) is 2.47. The lowest BCUT2D eigenvalue weighted by Crippen LogP contribution is -2.59. The molecule has 0 heterocycles. The Morgan fingerprint density at radius 3 is 2.48 bits per heavy atom. The van der Waals surface area contributed by atoms with Gasteiger partial charge in [-0.25, -0.2) is 5.43 Å². The number of nitrogens with one attached hydrogen (secondary N) is 1. The van der Waals surface area contributed by atoms with Gasteiger partial charge < -0.3 is 0 Å². The number of nitrogens with zero attached hydrogens (tertiary/aromatic N) is 1. The van der Waals surface area contributed by atoms with Gasteiger partial charge in [-0.05, 0) is 61.3 Å². The van der Waals surface area contributed by atoms with Crippen molar-refractivity contribution in [2.75, 3.05) is 0 Å². The van der Waals surface area contributed by atoms with Crippen LogP contribution in [0.2, 0.25) is 10.0 Å². The molecule has 3 nitrogen and oxygen atoms in total. The van der Waals surface area contributed by atoms with E-state index in [2.05, 4.69) is 24.4 Å². The second-order valence-electron chi connectivity index (χ2n) is 9.25. The Hall–Kier alpha value is -1.06. The molecular weight excluding hydrogens is 355 g/mol. The van der Waals surface area contributed by atoms with Crippen molar-refractivity contribution in [3.05, 3.63) is 33.8 Å². The molecule has 1 amide bonds. The SMILES string of the molecule is CC12CC3CC(C)(C1)CC(C(=O)N/N=C/c1cccc(Cl)c1Cl)(C3)C2. The third kappa shape index (κ3) is 3.00. The zero-order chi connectivity index (χ0) is 17.9. The third-order valence-electron chi connectivity index (χ3n) is 6.46. The van der Waals surface area contributed by atoms with E-state index < -0.39 is 0 Å². The number of benzene rings is 1. The number of amides is 1. The van der Waals surface area contributed by atoms with Gasteiger partial charge in [0.05, 0.1) is 21.7 Å². The first-order valence-electron chi connectivity index (χ1n) is 9.00. The molecule has 1 aromatic rings. The standard InChI is InChI=1S/C20H24Cl2N2O/c1-18-6-13-7-19(2,10-18)12-20(8-13,11-18)17(25)24-23-9-14-4-3-5-15(21)16(14)22/h3-5,9,13H,6-8,10-12H2,1-2H3,(H,24,25)/b23-9+. The summed E-state index contributed by atoms with van der Waals surface area (Å²) < 4.78 is 0. The van der Waals surface area contributed by atoms with Gasteiger partial charge in [0.15, 0.2) is 0 Å². The van der Waals surface area contributed by atoms with Crippen molar-refractivity contribution >= 4 is 35.3 Å². The van der Waals surface area contributed by atoms with Crippen LogP contribution >= 0.6 is 23.2 Å². The Morgan fingerprint density at radius 2 is 1.84 bits per heavy atom. The van der Waals surface area contributed by atoms with Crippen LogP contribution < -0.4 is 5.43 Å². The van der Waals surface area contributed by atoms with Gasteiger partial charge in [0, 0.05) is 5.56 Å². The highest BCUT2D eigenvalue weighted by Crippen LogP contribution is 2.69. The van der Waals surface area contributed by atoms with Gasteiger partial charge in [0.1, 0.15) is 0 Å². The topological polar surface area (TPSA) is 41.5 Å². The van der Waals surface area contributed by atoms with Gasteiger partial charge in [-0.2, -0.15) is 5.10 Å². The molecule has 4 fully saturated rings. The highest BCUT2D eigenvalue weighted by molar-refractivity contribution is 6.43. The molecular formula is C20H24Cl2N2O. The van der Waals surface area contributed by atoms with Crippen LogP contribution in [0, 0.1) is 22.2 Å². The Morgan fingerprint density at radius 1 is 1.16 bits per heavy atom. The molecule has 0 spiro atoms. The molecule has 5 rings (SSSR count). The summed E-state index contributed by atoms with van der Waals surface area (Å²) in [5, 5.41) is 5.12. The molecule has 0 saturated heterocycles. The molecule has 1 N–H and O–H groups in total. The monoisotopic (exact) mass is 378 g/mol. The fourth-order valence-electron chi connectivity index (χ4n) is 6.60. The van der Waals surface area contributed by atoms with E-state index in [-0.39, 0.29) is 11.3 Å². The summed E-state index contributed by atoms with van der Waals surface area (Å²) in [6.45, 7) is 4.74. The second-order valence-corrected chi connectivity index (χ2v) is 10.0. The summed E-state index contributed by atoms with van der Waals surface area (Å²) in [7, 11) is 0. The Bertz CT molecular complexity index is 742. The first-order chi connectivity index (χ1) is 11.7. The largest absolute Gasteiger partial charge is 0.273 e. The van der Waals surface area contributed by atoms with E-state index in [9.17, 15) is 4.79 Å². The van der Waals surface area contributed by atoms with Crippen LogP contribution in [0.1, 0.15) is 57.9 Å². The highest BCUT2D eigenvalue weighted by atomic mass is 35.5. The minimum atomic E-state index is -0.252. The van der Waals surface area contributed by atoms with Crippen molar-refractivity contribution < 1.29 is 4.79 Å². The maximum absolute atomic E-state index is 13.0. The molecule has 2 unspecified atom stereocenters. The molecule has 4 saturated carbocycles. The van der Waals surface area contributed by atoms with E-state index in [4.69, 9.17) is 23.2 Å². The van der Waals surface area contributed by atoms with Gasteiger partial charge in [-0.1, -0.05) is 49.2 Å². The van der Waals surface area contributed by atoms with Crippen LogP contribution in [0.25, 0.3) is 0 Å². The zero-order valence-corrected chi connectivity index (χ0v) is 16.3. The fraction of sp³-hybridized carbons (Fsp3) is 0.600. The molecule has 0 aliphatic heterocycles. The average molecular weight is 379 g/mol. The summed E-state index contributed by atoms with van der Waals surface area (Å²) >= 11 is 12.2. The molecule has 2 atom stereocenters. The van der Waals surface area contributed by atoms with Gasteiger partial charge in [-0.15, -0.1) is 0 Å². The third-order valence-corrected chi connectivity index (χ3v) is 7.29. The molecule has 4 aliphatic carbocycles. The summed E-state index contributed by atoms with van der Waals surface area (Å²) in [6.07, 6.45) is 8.38. The van der Waals surface area contributed by atoms with Crippen molar-refractivity contribution in [1.82, 2.24) is 5.43 Å². The first kappa shape index (κ1) is 17.4. The van der Waals surface area contributed by atoms with E-state index in [1.807, 2.05) is 12.1 Å². The summed E-state index contributed by atoms with van der Waals surface area (Å²) in [5.41, 5.74) is 3.88.